The first-order valence-electron chi connectivity index (χ1n) is 11.3. The lowest BCUT2D eigenvalue weighted by Crippen LogP contribution is -2.42. The topological polar surface area (TPSA) is 40.6 Å². The van der Waals surface area contributed by atoms with Crippen molar-refractivity contribution in [2.45, 2.75) is 66.7 Å². The molecule has 4 heteroatoms. The van der Waals surface area contributed by atoms with E-state index in [4.69, 9.17) is 0 Å². The second kappa shape index (κ2) is 9.15. The highest BCUT2D eigenvalue weighted by Crippen LogP contribution is 2.35. The van der Waals surface area contributed by atoms with E-state index in [2.05, 4.69) is 51.7 Å². The predicted molar refractivity (Wildman–Crippen MR) is 118 cm³/mol. The van der Waals surface area contributed by atoms with Crippen LogP contribution in [0.15, 0.2) is 23.9 Å². The molecular weight excluding hydrogens is 360 g/mol. The third-order valence-electron chi connectivity index (χ3n) is 6.36. The zero-order chi connectivity index (χ0) is 21.1. The Morgan fingerprint density at radius 2 is 1.62 bits per heavy atom. The van der Waals surface area contributed by atoms with E-state index < -0.39 is 0 Å². The molecule has 1 aromatic rings. The molecule has 158 valence electrons. The Morgan fingerprint density at radius 3 is 2.24 bits per heavy atom. The van der Waals surface area contributed by atoms with E-state index in [0.717, 1.165) is 49.9 Å². The molecular formula is C25H36N2O2. The van der Waals surface area contributed by atoms with Gasteiger partial charge in [-0.25, -0.2) is 0 Å². The summed E-state index contributed by atoms with van der Waals surface area (Å²) in [4.78, 5) is 30.5. The molecule has 2 heterocycles. The molecule has 1 fully saturated rings. The van der Waals surface area contributed by atoms with Crippen LogP contribution in [0.2, 0.25) is 0 Å². The number of imide groups is 1. The molecule has 2 aliphatic rings. The predicted octanol–water partition coefficient (Wildman–Crippen LogP) is 4.94. The van der Waals surface area contributed by atoms with Gasteiger partial charge in [-0.15, -0.1) is 0 Å². The van der Waals surface area contributed by atoms with E-state index in [1.165, 1.54) is 16.9 Å². The van der Waals surface area contributed by atoms with Gasteiger partial charge in [-0.1, -0.05) is 58.2 Å². The van der Waals surface area contributed by atoms with Gasteiger partial charge in [-0.3, -0.25) is 14.5 Å². The molecule has 3 rings (SSSR count). The third kappa shape index (κ3) is 4.57. The molecule has 29 heavy (non-hydrogen) atoms. The smallest absolute Gasteiger partial charge is 0.277 e. The first-order valence-corrected chi connectivity index (χ1v) is 11.3. The van der Waals surface area contributed by atoms with Crippen LogP contribution >= 0.6 is 0 Å². The quantitative estimate of drug-likeness (QED) is 0.484. The first-order chi connectivity index (χ1) is 13.8. The number of amides is 2. The third-order valence-corrected chi connectivity index (χ3v) is 6.36. The fourth-order valence-electron chi connectivity index (χ4n) is 4.76. The van der Waals surface area contributed by atoms with Gasteiger partial charge in [-0.05, 0) is 55.2 Å². The minimum absolute atomic E-state index is 0.0963. The summed E-state index contributed by atoms with van der Waals surface area (Å²) < 4.78 is 0. The van der Waals surface area contributed by atoms with Gasteiger partial charge in [0.2, 0.25) is 0 Å². The number of hydrogen-bond donors (Lipinski definition) is 0. The molecule has 0 aromatic heterocycles. The molecule has 2 amide bonds. The van der Waals surface area contributed by atoms with E-state index in [1.807, 2.05) is 6.07 Å². The normalized spacial score (nSPS) is 22.8. The molecule has 2 atom stereocenters. The summed E-state index contributed by atoms with van der Waals surface area (Å²) in [6.07, 6.45) is 5.39. The summed E-state index contributed by atoms with van der Waals surface area (Å²) in [6.45, 7) is 13.0. The van der Waals surface area contributed by atoms with Gasteiger partial charge >= 0.3 is 0 Å². The van der Waals surface area contributed by atoms with Crippen molar-refractivity contribution in [3.8, 4) is 0 Å². The van der Waals surface area contributed by atoms with Crippen molar-refractivity contribution in [2.75, 3.05) is 19.6 Å². The molecule has 0 N–H and O–H groups in total. The minimum atomic E-state index is -0.115. The maximum atomic E-state index is 13.4. The number of aryl methyl sites for hydroxylation is 2. The number of benzene rings is 1. The SMILES string of the molecule is CCCCCCN1C(=O)C(c2ccc(C)c(C)c2)=C(N2CC(C)CC(C)C2)C1=O. The molecule has 1 aromatic carbocycles. The van der Waals surface area contributed by atoms with E-state index in [1.54, 1.807) is 0 Å². The summed E-state index contributed by atoms with van der Waals surface area (Å²) in [6, 6.07) is 6.12. The molecule has 2 unspecified atom stereocenters. The number of piperidine rings is 1. The molecule has 0 radical (unpaired) electrons. The van der Waals surface area contributed by atoms with E-state index in [0.29, 0.717) is 29.7 Å². The van der Waals surface area contributed by atoms with Crippen LogP contribution in [-0.4, -0.2) is 41.2 Å². The highest BCUT2D eigenvalue weighted by Gasteiger charge is 2.42. The van der Waals surface area contributed by atoms with Crippen LogP contribution in [0.5, 0.6) is 0 Å². The monoisotopic (exact) mass is 396 g/mol. The fraction of sp³-hybridized carbons (Fsp3) is 0.600. The zero-order valence-electron chi connectivity index (χ0n) is 18.8. The summed E-state index contributed by atoms with van der Waals surface area (Å²) in [7, 11) is 0. The minimum Gasteiger partial charge on any atom is -0.366 e. The number of likely N-dealkylation sites (tertiary alicyclic amines) is 1. The summed E-state index contributed by atoms with van der Waals surface area (Å²) in [5.74, 6) is 0.833. The van der Waals surface area contributed by atoms with E-state index >= 15 is 0 Å². The number of carbonyl (C=O) groups is 2. The van der Waals surface area contributed by atoms with Crippen molar-refractivity contribution in [2.24, 2.45) is 11.8 Å². The maximum absolute atomic E-state index is 13.4. The van der Waals surface area contributed by atoms with Crippen LogP contribution in [0.25, 0.3) is 5.57 Å². The maximum Gasteiger partial charge on any atom is 0.277 e. The number of hydrogen-bond acceptors (Lipinski definition) is 3. The average Bonchev–Trinajstić information content (AvgIpc) is 2.91. The van der Waals surface area contributed by atoms with Crippen LogP contribution in [0.1, 0.15) is 69.6 Å². The number of rotatable bonds is 7. The molecule has 4 nitrogen and oxygen atoms in total. The van der Waals surface area contributed by atoms with Gasteiger partial charge in [0, 0.05) is 19.6 Å². The Bertz CT molecular complexity index is 801. The van der Waals surface area contributed by atoms with Gasteiger partial charge in [0.15, 0.2) is 0 Å². The first kappa shape index (κ1) is 21.6. The summed E-state index contributed by atoms with van der Waals surface area (Å²) >= 11 is 0. The number of carbonyl (C=O) groups excluding carboxylic acids is 2. The molecule has 0 aliphatic carbocycles. The Balaban J connectivity index is 1.98. The summed E-state index contributed by atoms with van der Waals surface area (Å²) in [5, 5.41) is 0. The second-order valence-electron chi connectivity index (χ2n) is 9.20. The van der Waals surface area contributed by atoms with Gasteiger partial charge < -0.3 is 4.90 Å². The second-order valence-corrected chi connectivity index (χ2v) is 9.20. The molecule has 0 bridgehead atoms. The van der Waals surface area contributed by atoms with Crippen LogP contribution in [0.3, 0.4) is 0 Å². The van der Waals surface area contributed by atoms with Gasteiger partial charge in [-0.2, -0.15) is 0 Å². The molecule has 1 saturated heterocycles. The van der Waals surface area contributed by atoms with Gasteiger partial charge in [0.05, 0.1) is 5.57 Å². The zero-order valence-corrected chi connectivity index (χ0v) is 18.8. The van der Waals surface area contributed by atoms with Crippen molar-refractivity contribution >= 4 is 17.4 Å². The number of nitrogens with zero attached hydrogens (tertiary/aromatic N) is 2. The van der Waals surface area contributed by atoms with Gasteiger partial charge in [0.1, 0.15) is 5.70 Å². The Hall–Kier alpha value is -2.10. The lowest BCUT2D eigenvalue weighted by atomic mass is 9.90. The molecule has 0 saturated carbocycles. The molecule has 2 aliphatic heterocycles. The Kier molecular flexibility index (Phi) is 6.81. The summed E-state index contributed by atoms with van der Waals surface area (Å²) in [5.41, 5.74) is 4.46. The van der Waals surface area contributed by atoms with Crippen molar-refractivity contribution in [1.82, 2.24) is 9.80 Å². The Morgan fingerprint density at radius 1 is 0.931 bits per heavy atom. The van der Waals surface area contributed by atoms with Crippen molar-refractivity contribution in [3.63, 3.8) is 0 Å². The molecule has 0 spiro atoms. The van der Waals surface area contributed by atoms with Crippen molar-refractivity contribution < 1.29 is 9.59 Å². The number of unbranched alkanes of at least 4 members (excludes halogenated alkanes) is 3. The van der Waals surface area contributed by atoms with Crippen molar-refractivity contribution in [3.05, 3.63) is 40.6 Å². The van der Waals surface area contributed by atoms with E-state index in [-0.39, 0.29) is 11.8 Å². The van der Waals surface area contributed by atoms with E-state index in [9.17, 15) is 9.59 Å². The fourth-order valence-corrected chi connectivity index (χ4v) is 4.76. The largest absolute Gasteiger partial charge is 0.366 e. The average molecular weight is 397 g/mol. The van der Waals surface area contributed by atoms with Gasteiger partial charge in [0.25, 0.3) is 11.8 Å². The van der Waals surface area contributed by atoms with Crippen molar-refractivity contribution in [1.29, 1.82) is 0 Å². The highest BCUT2D eigenvalue weighted by molar-refractivity contribution is 6.35. The van der Waals surface area contributed by atoms with Crippen LogP contribution in [0, 0.1) is 25.7 Å². The van der Waals surface area contributed by atoms with Crippen LogP contribution in [-0.2, 0) is 9.59 Å². The lowest BCUT2D eigenvalue weighted by molar-refractivity contribution is -0.137. The standard InChI is InChI=1S/C25H36N2O2/c1-6-7-8-9-12-27-24(28)22(21-11-10-19(4)20(5)14-21)23(25(27)29)26-15-17(2)13-18(3)16-26/h10-11,14,17-18H,6-9,12-13,15-16H2,1-5H3. The lowest BCUT2D eigenvalue weighted by Gasteiger charge is -2.37. The van der Waals surface area contributed by atoms with Crippen LogP contribution in [0.4, 0.5) is 0 Å². The van der Waals surface area contributed by atoms with Crippen LogP contribution < -0.4 is 0 Å². The Labute approximate surface area is 176 Å². The highest BCUT2D eigenvalue weighted by atomic mass is 16.2.